The summed E-state index contributed by atoms with van der Waals surface area (Å²) in [5, 5.41) is 11.5. The maximum atomic E-state index is 11.5. The van der Waals surface area contributed by atoms with Crippen molar-refractivity contribution in [3.05, 3.63) is 0 Å². The molecule has 0 fully saturated rings. The lowest BCUT2D eigenvalue weighted by atomic mass is 9.88. The van der Waals surface area contributed by atoms with Crippen LogP contribution in [0, 0.1) is 0 Å². The second-order valence-corrected chi connectivity index (χ2v) is 13.0. The zero-order valence-corrected chi connectivity index (χ0v) is 25.5. The van der Waals surface area contributed by atoms with Crippen LogP contribution in [-0.4, -0.2) is 42.9 Å². The van der Waals surface area contributed by atoms with Crippen LogP contribution in [0.1, 0.15) is 181 Å². The Kier molecular flexibility index (Phi) is 24.2. The zero-order valence-electron chi connectivity index (χ0n) is 25.5. The predicted octanol–water partition coefficient (Wildman–Crippen LogP) is 10.6. The van der Waals surface area contributed by atoms with Gasteiger partial charge < -0.3 is 9.59 Å². The third-order valence-electron chi connectivity index (χ3n) is 7.76. The third kappa shape index (κ3) is 26.8. The molecule has 0 aliphatic carbocycles. The van der Waals surface area contributed by atoms with Crippen LogP contribution in [0.15, 0.2) is 0 Å². The van der Waals surface area contributed by atoms with Crippen molar-refractivity contribution < 1.29 is 9.59 Å². The van der Waals surface area contributed by atoms with E-state index in [-0.39, 0.29) is 0 Å². The maximum Gasteiger partial charge on any atom is 0.113 e. The number of aliphatic hydroxyl groups is 1. The van der Waals surface area contributed by atoms with Gasteiger partial charge in [0.15, 0.2) is 0 Å². The third-order valence-corrected chi connectivity index (χ3v) is 7.76. The summed E-state index contributed by atoms with van der Waals surface area (Å²) in [6, 6.07) is 0. The molecule has 2 heteroatoms. The van der Waals surface area contributed by atoms with Gasteiger partial charge in [0.2, 0.25) is 0 Å². The summed E-state index contributed by atoms with van der Waals surface area (Å²) in [7, 11) is 6.69. The van der Waals surface area contributed by atoms with E-state index in [4.69, 9.17) is 0 Å². The Bertz CT molecular complexity index is 386. The summed E-state index contributed by atoms with van der Waals surface area (Å²) >= 11 is 0. The van der Waals surface area contributed by atoms with Crippen LogP contribution in [-0.2, 0) is 0 Å². The summed E-state index contributed by atoms with van der Waals surface area (Å²) < 4.78 is 0.868. The maximum absolute atomic E-state index is 11.5. The average Bonchev–Trinajstić information content (AvgIpc) is 2.79. The van der Waals surface area contributed by atoms with E-state index >= 15 is 0 Å². The van der Waals surface area contributed by atoms with Crippen molar-refractivity contribution in [1.82, 2.24) is 0 Å². The predicted molar refractivity (Wildman–Crippen MR) is 159 cm³/mol. The molecule has 0 aromatic heterocycles. The molecular formula is C33H70NO+. The highest BCUT2D eigenvalue weighted by Gasteiger charge is 2.32. The van der Waals surface area contributed by atoms with Crippen molar-refractivity contribution >= 4 is 0 Å². The average molecular weight is 497 g/mol. The Morgan fingerprint density at radius 3 is 0.857 bits per heavy atom. The molecular weight excluding hydrogens is 426 g/mol. The van der Waals surface area contributed by atoms with Gasteiger partial charge in [-0.2, -0.15) is 0 Å². The summed E-state index contributed by atoms with van der Waals surface area (Å²) in [5.74, 6) is 0. The normalized spacial score (nSPS) is 12.5. The molecule has 0 bridgehead atoms. The fraction of sp³-hybridized carbons (Fsp3) is 1.00. The monoisotopic (exact) mass is 497 g/mol. The second-order valence-electron chi connectivity index (χ2n) is 13.0. The number of likely N-dealkylation sites (N-methyl/N-ethyl adjacent to an activating group) is 1. The Morgan fingerprint density at radius 2 is 0.629 bits per heavy atom. The van der Waals surface area contributed by atoms with Crippen LogP contribution in [0.4, 0.5) is 0 Å². The highest BCUT2D eigenvalue weighted by Crippen LogP contribution is 2.26. The molecule has 0 aromatic rings. The molecule has 0 aliphatic heterocycles. The minimum atomic E-state index is -0.463. The van der Waals surface area contributed by atoms with Crippen LogP contribution in [0.2, 0.25) is 0 Å². The number of nitrogens with zero attached hydrogens (tertiary/aromatic N) is 1. The van der Waals surface area contributed by atoms with Gasteiger partial charge in [-0.05, 0) is 12.8 Å². The standard InChI is InChI=1S/C33H70NO/c1-6-8-10-12-14-16-18-20-22-24-26-28-30-33(35,32-34(3,4)5)31-29-27-25-23-21-19-17-15-13-11-9-7-2/h35H,6-32H2,1-5H3/q+1. The van der Waals surface area contributed by atoms with Gasteiger partial charge >= 0.3 is 0 Å². The van der Waals surface area contributed by atoms with E-state index in [1.165, 1.54) is 154 Å². The van der Waals surface area contributed by atoms with Crippen molar-refractivity contribution in [2.24, 2.45) is 0 Å². The molecule has 0 rings (SSSR count). The smallest absolute Gasteiger partial charge is 0.113 e. The number of rotatable bonds is 28. The van der Waals surface area contributed by atoms with Crippen molar-refractivity contribution in [2.75, 3.05) is 27.7 Å². The largest absolute Gasteiger partial charge is 0.384 e. The van der Waals surface area contributed by atoms with Crippen LogP contribution in [0.5, 0.6) is 0 Å². The molecule has 35 heavy (non-hydrogen) atoms. The first kappa shape index (κ1) is 34.9. The van der Waals surface area contributed by atoms with Crippen LogP contribution >= 0.6 is 0 Å². The van der Waals surface area contributed by atoms with Crippen molar-refractivity contribution in [1.29, 1.82) is 0 Å². The van der Waals surface area contributed by atoms with Gasteiger partial charge in [0, 0.05) is 0 Å². The lowest BCUT2D eigenvalue weighted by Gasteiger charge is -2.36. The lowest BCUT2D eigenvalue weighted by Crippen LogP contribution is -2.49. The van der Waals surface area contributed by atoms with E-state index in [1.54, 1.807) is 0 Å². The molecule has 0 atom stereocenters. The van der Waals surface area contributed by atoms with Crippen LogP contribution in [0.3, 0.4) is 0 Å². The molecule has 2 nitrogen and oxygen atoms in total. The molecule has 0 aliphatic rings. The van der Waals surface area contributed by atoms with E-state index in [0.29, 0.717) is 0 Å². The summed E-state index contributed by atoms with van der Waals surface area (Å²) in [6.45, 7) is 5.48. The van der Waals surface area contributed by atoms with Crippen molar-refractivity contribution in [3.8, 4) is 0 Å². The van der Waals surface area contributed by atoms with Crippen molar-refractivity contribution in [3.63, 3.8) is 0 Å². The van der Waals surface area contributed by atoms with Gasteiger partial charge in [-0.1, -0.05) is 168 Å². The SMILES string of the molecule is CCCCCCCCCCCCCCC(O)(CCCCCCCCCCCCCC)C[N+](C)(C)C. The van der Waals surface area contributed by atoms with E-state index < -0.39 is 5.60 Å². The summed E-state index contributed by atoms with van der Waals surface area (Å²) in [5.41, 5.74) is -0.463. The van der Waals surface area contributed by atoms with E-state index in [1.807, 2.05) is 0 Å². The highest BCUT2D eigenvalue weighted by atomic mass is 16.3. The number of hydrogen-bond donors (Lipinski definition) is 1. The van der Waals surface area contributed by atoms with Crippen LogP contribution < -0.4 is 0 Å². The first-order valence-corrected chi connectivity index (χ1v) is 16.4. The number of unbranched alkanes of at least 4 members (excludes halogenated alkanes) is 22. The van der Waals surface area contributed by atoms with Gasteiger partial charge in [-0.3, -0.25) is 0 Å². The van der Waals surface area contributed by atoms with E-state index in [2.05, 4.69) is 35.0 Å². The minimum absolute atomic E-state index is 0.463. The Balaban J connectivity index is 3.82. The van der Waals surface area contributed by atoms with Crippen molar-refractivity contribution in [2.45, 2.75) is 186 Å². The molecule has 0 saturated carbocycles. The molecule has 0 radical (unpaired) electrons. The summed E-state index contributed by atoms with van der Waals surface area (Å²) in [4.78, 5) is 0. The first-order valence-electron chi connectivity index (χ1n) is 16.4. The lowest BCUT2D eigenvalue weighted by molar-refractivity contribution is -0.877. The van der Waals surface area contributed by atoms with Gasteiger partial charge in [-0.25, -0.2) is 0 Å². The molecule has 0 unspecified atom stereocenters. The van der Waals surface area contributed by atoms with E-state index in [0.717, 1.165) is 23.9 Å². The molecule has 0 aromatic carbocycles. The number of hydrogen-bond acceptors (Lipinski definition) is 1. The number of quaternary nitrogens is 1. The fourth-order valence-corrected chi connectivity index (χ4v) is 5.76. The molecule has 0 spiro atoms. The van der Waals surface area contributed by atoms with Gasteiger partial charge in [-0.15, -0.1) is 0 Å². The molecule has 1 N–H and O–H groups in total. The molecule has 0 heterocycles. The minimum Gasteiger partial charge on any atom is -0.384 e. The van der Waals surface area contributed by atoms with E-state index in [9.17, 15) is 5.11 Å². The van der Waals surface area contributed by atoms with Gasteiger partial charge in [0.05, 0.1) is 21.1 Å². The zero-order chi connectivity index (χ0) is 26.1. The Morgan fingerprint density at radius 1 is 0.400 bits per heavy atom. The summed E-state index contributed by atoms with van der Waals surface area (Å²) in [6.07, 6.45) is 35.2. The Labute approximate surface area is 223 Å². The molecule has 0 saturated heterocycles. The highest BCUT2D eigenvalue weighted by molar-refractivity contribution is 4.78. The fourth-order valence-electron chi connectivity index (χ4n) is 5.76. The van der Waals surface area contributed by atoms with Gasteiger partial charge in [0.25, 0.3) is 0 Å². The second kappa shape index (κ2) is 24.3. The Hall–Kier alpha value is -0.0800. The topological polar surface area (TPSA) is 20.2 Å². The quantitative estimate of drug-likeness (QED) is 0.0843. The van der Waals surface area contributed by atoms with Gasteiger partial charge in [0.1, 0.15) is 12.1 Å². The molecule has 212 valence electrons. The molecule has 0 amide bonds. The first-order chi connectivity index (χ1) is 16.8. The van der Waals surface area contributed by atoms with Crippen LogP contribution in [0.25, 0.3) is 0 Å².